The molecule has 170 valence electrons. The zero-order valence-corrected chi connectivity index (χ0v) is 19.5. The van der Waals surface area contributed by atoms with Gasteiger partial charge in [0.1, 0.15) is 11.6 Å². The van der Waals surface area contributed by atoms with Crippen molar-refractivity contribution in [2.75, 3.05) is 12.4 Å². The Labute approximate surface area is 193 Å². The van der Waals surface area contributed by atoms with Crippen LogP contribution in [0.25, 0.3) is 5.69 Å². The van der Waals surface area contributed by atoms with Crippen LogP contribution in [0.5, 0.6) is 5.75 Å². The molecule has 33 heavy (non-hydrogen) atoms. The molecule has 1 amide bonds. The first kappa shape index (κ1) is 22.3. The van der Waals surface area contributed by atoms with E-state index in [0.717, 1.165) is 17.0 Å². The van der Waals surface area contributed by atoms with Crippen LogP contribution >= 0.6 is 0 Å². The lowest BCUT2D eigenvalue weighted by molar-refractivity contribution is 0.102. The molecule has 0 unspecified atom stereocenters. The molecule has 1 N–H and O–H groups in total. The van der Waals surface area contributed by atoms with Crippen LogP contribution in [0.15, 0.2) is 60.8 Å². The molecule has 2 aromatic carbocycles. The lowest BCUT2D eigenvalue weighted by Gasteiger charge is -2.19. The summed E-state index contributed by atoms with van der Waals surface area (Å²) in [7, 11) is 1.61. The van der Waals surface area contributed by atoms with Gasteiger partial charge in [-0.2, -0.15) is 5.10 Å². The first-order chi connectivity index (χ1) is 15.8. The summed E-state index contributed by atoms with van der Waals surface area (Å²) >= 11 is 0. The molecule has 0 atom stereocenters. The normalized spacial score (nSPS) is 11.4. The zero-order chi connectivity index (χ0) is 23.6. The van der Waals surface area contributed by atoms with Crippen molar-refractivity contribution in [3.8, 4) is 11.4 Å². The third-order valence-corrected chi connectivity index (χ3v) is 5.54. The molecular weight excluding hydrogens is 416 g/mol. The van der Waals surface area contributed by atoms with E-state index in [4.69, 9.17) is 4.74 Å². The van der Waals surface area contributed by atoms with Crippen molar-refractivity contribution in [1.29, 1.82) is 0 Å². The van der Waals surface area contributed by atoms with Crippen LogP contribution in [-0.4, -0.2) is 37.8 Å². The lowest BCUT2D eigenvalue weighted by atomic mass is 9.87. The Morgan fingerprint density at radius 2 is 1.73 bits per heavy atom. The quantitative estimate of drug-likeness (QED) is 0.477. The highest BCUT2D eigenvalue weighted by atomic mass is 16.5. The highest BCUT2D eigenvalue weighted by molar-refractivity contribution is 6.03. The topological polar surface area (TPSA) is 86.9 Å². The van der Waals surface area contributed by atoms with Gasteiger partial charge in [0.2, 0.25) is 0 Å². The second-order valence-electron chi connectivity index (χ2n) is 8.91. The molecule has 0 aliphatic rings. The van der Waals surface area contributed by atoms with Crippen LogP contribution in [-0.2, 0) is 12.0 Å². The van der Waals surface area contributed by atoms with Gasteiger partial charge in [0, 0.05) is 6.07 Å². The van der Waals surface area contributed by atoms with E-state index in [1.165, 1.54) is 5.56 Å². The van der Waals surface area contributed by atoms with Crippen molar-refractivity contribution in [1.82, 2.24) is 24.8 Å². The monoisotopic (exact) mass is 444 g/mol. The van der Waals surface area contributed by atoms with E-state index < -0.39 is 0 Å². The van der Waals surface area contributed by atoms with E-state index in [9.17, 15) is 4.79 Å². The maximum atomic E-state index is 12.9. The number of ether oxygens (including phenoxy) is 1. The summed E-state index contributed by atoms with van der Waals surface area (Å²) in [6, 6.07) is 17.6. The fourth-order valence-electron chi connectivity index (χ4n) is 3.53. The number of benzene rings is 2. The summed E-state index contributed by atoms with van der Waals surface area (Å²) in [5.41, 5.74) is 4.17. The fraction of sp³-hybridized carbons (Fsp3) is 0.280. The van der Waals surface area contributed by atoms with Crippen LogP contribution in [0.1, 0.15) is 48.1 Å². The molecule has 0 aliphatic carbocycles. The number of nitrogens with zero attached hydrogens (tertiary/aromatic N) is 5. The molecule has 0 spiro atoms. The number of hydrogen-bond donors (Lipinski definition) is 1. The summed E-state index contributed by atoms with van der Waals surface area (Å²) in [5, 5.41) is 15.5. The van der Waals surface area contributed by atoms with Crippen molar-refractivity contribution in [2.24, 2.45) is 0 Å². The Kier molecular flexibility index (Phi) is 6.00. The molecule has 0 saturated heterocycles. The van der Waals surface area contributed by atoms with Crippen LogP contribution < -0.4 is 10.1 Å². The number of nitrogens with one attached hydrogen (secondary N) is 1. The third-order valence-electron chi connectivity index (χ3n) is 5.54. The number of methoxy groups -OCH3 is 1. The van der Waals surface area contributed by atoms with Gasteiger partial charge in [0.25, 0.3) is 5.91 Å². The number of rotatable bonds is 6. The van der Waals surface area contributed by atoms with Crippen LogP contribution in [0.4, 0.5) is 5.82 Å². The van der Waals surface area contributed by atoms with E-state index >= 15 is 0 Å². The van der Waals surface area contributed by atoms with Gasteiger partial charge >= 0.3 is 0 Å². The van der Waals surface area contributed by atoms with Crippen molar-refractivity contribution in [3.63, 3.8) is 0 Å². The fourth-order valence-corrected chi connectivity index (χ4v) is 3.53. The van der Waals surface area contributed by atoms with Gasteiger partial charge in [-0.05, 0) is 47.7 Å². The molecule has 8 heteroatoms. The summed E-state index contributed by atoms with van der Waals surface area (Å²) in [6.07, 6.45) is 1.67. The average Bonchev–Trinajstić information content (AvgIpc) is 3.39. The van der Waals surface area contributed by atoms with Crippen molar-refractivity contribution < 1.29 is 9.53 Å². The largest absolute Gasteiger partial charge is 0.497 e. The first-order valence-corrected chi connectivity index (χ1v) is 10.8. The Morgan fingerprint density at radius 1 is 1.03 bits per heavy atom. The van der Waals surface area contributed by atoms with Gasteiger partial charge in [0.15, 0.2) is 5.69 Å². The molecule has 0 aliphatic heterocycles. The summed E-state index contributed by atoms with van der Waals surface area (Å²) in [4.78, 5) is 12.9. The average molecular weight is 445 g/mol. The summed E-state index contributed by atoms with van der Waals surface area (Å²) in [6.45, 7) is 8.93. The maximum Gasteiger partial charge on any atom is 0.279 e. The van der Waals surface area contributed by atoms with Gasteiger partial charge in [-0.3, -0.25) is 4.79 Å². The number of carbonyl (C=O) groups excluding carboxylic acids is 1. The number of amides is 1. The minimum Gasteiger partial charge on any atom is -0.497 e. The SMILES string of the molecule is COc1ccc(-n2nnc(C(=O)Nc3ccnn3Cc3ccc(C(C)(C)C)cc3)c2C)cc1. The molecule has 0 saturated carbocycles. The van der Waals surface area contributed by atoms with E-state index in [1.807, 2.05) is 31.2 Å². The molecule has 0 radical (unpaired) electrons. The van der Waals surface area contributed by atoms with Gasteiger partial charge in [0.05, 0.1) is 31.2 Å². The Hall–Kier alpha value is -3.94. The summed E-state index contributed by atoms with van der Waals surface area (Å²) < 4.78 is 8.58. The van der Waals surface area contributed by atoms with Gasteiger partial charge in [-0.25, -0.2) is 9.36 Å². The Bertz CT molecular complexity index is 1250. The standard InChI is InChI=1S/C25H28N6O2/c1-17-23(28-29-31(17)20-10-12-21(33-5)13-11-20)24(32)27-22-14-15-26-30(22)16-18-6-8-19(9-7-18)25(2,3)4/h6-15H,16H2,1-5H3,(H,27,32). The predicted molar refractivity (Wildman–Crippen MR) is 127 cm³/mol. The molecule has 2 heterocycles. The summed E-state index contributed by atoms with van der Waals surface area (Å²) in [5.74, 6) is 1.01. The van der Waals surface area contributed by atoms with Crippen molar-refractivity contribution in [3.05, 3.63) is 83.3 Å². The maximum absolute atomic E-state index is 12.9. The molecular formula is C25H28N6O2. The van der Waals surface area contributed by atoms with E-state index in [1.54, 1.807) is 28.7 Å². The van der Waals surface area contributed by atoms with Crippen LogP contribution in [0.3, 0.4) is 0 Å². The van der Waals surface area contributed by atoms with E-state index in [-0.39, 0.29) is 17.0 Å². The predicted octanol–water partition coefficient (Wildman–Crippen LogP) is 4.38. The third kappa shape index (κ3) is 4.79. The van der Waals surface area contributed by atoms with Gasteiger partial charge < -0.3 is 10.1 Å². The molecule has 0 fully saturated rings. The molecule has 4 aromatic rings. The zero-order valence-electron chi connectivity index (χ0n) is 19.5. The van der Waals surface area contributed by atoms with Gasteiger partial charge in [-0.15, -0.1) is 5.10 Å². The second-order valence-corrected chi connectivity index (χ2v) is 8.91. The van der Waals surface area contributed by atoms with E-state index in [2.05, 4.69) is 65.8 Å². The number of aromatic nitrogens is 5. The number of hydrogen-bond acceptors (Lipinski definition) is 5. The Balaban J connectivity index is 1.49. The lowest BCUT2D eigenvalue weighted by Crippen LogP contribution is -2.18. The smallest absolute Gasteiger partial charge is 0.279 e. The minimum absolute atomic E-state index is 0.102. The first-order valence-electron chi connectivity index (χ1n) is 10.8. The molecule has 0 bridgehead atoms. The van der Waals surface area contributed by atoms with Crippen molar-refractivity contribution >= 4 is 11.7 Å². The molecule has 4 rings (SSSR count). The molecule has 2 aromatic heterocycles. The highest BCUT2D eigenvalue weighted by Crippen LogP contribution is 2.23. The van der Waals surface area contributed by atoms with Gasteiger partial charge in [-0.1, -0.05) is 50.3 Å². The number of anilines is 1. The van der Waals surface area contributed by atoms with Crippen LogP contribution in [0, 0.1) is 6.92 Å². The minimum atomic E-state index is -0.336. The van der Waals surface area contributed by atoms with Crippen LogP contribution in [0.2, 0.25) is 0 Å². The van der Waals surface area contributed by atoms with Crippen molar-refractivity contribution in [2.45, 2.75) is 39.7 Å². The highest BCUT2D eigenvalue weighted by Gasteiger charge is 2.19. The molecule has 8 nitrogen and oxygen atoms in total. The second kappa shape index (κ2) is 8.90. The number of carbonyl (C=O) groups is 1. The Morgan fingerprint density at radius 3 is 2.36 bits per heavy atom. The van der Waals surface area contributed by atoms with E-state index in [0.29, 0.717) is 18.1 Å².